The number of carbonyl (C=O) groups is 1. The van der Waals surface area contributed by atoms with Crippen LogP contribution in [0.4, 0.5) is 0 Å². The molecular formula is C29H46N2O4. The lowest BCUT2D eigenvalue weighted by atomic mass is 9.97. The molecule has 6 heteroatoms. The Morgan fingerprint density at radius 2 is 1.94 bits per heavy atom. The number of likely N-dealkylation sites (N-methyl/N-ethyl adjacent to an activating group) is 1. The van der Waals surface area contributed by atoms with Crippen molar-refractivity contribution in [2.24, 2.45) is 5.92 Å². The van der Waals surface area contributed by atoms with E-state index in [4.69, 9.17) is 9.47 Å². The molecule has 3 N–H and O–H groups in total. The smallest absolute Gasteiger partial charge is 0.243 e. The van der Waals surface area contributed by atoms with Gasteiger partial charge >= 0.3 is 0 Å². The topological polar surface area (TPSA) is 79.8 Å². The molecular weight excluding hydrogens is 440 g/mol. The SMILES string of the molecule is CN[C@H]1[C@@H](O)C[C@H](O[C@H]2C/C=C(\C)C/C(C)=C/C=C/CCCCNC(=O)/C=C/C=C/[C@@H]2C)O[C@@H]1C. The molecule has 0 bridgehead atoms. The summed E-state index contributed by atoms with van der Waals surface area (Å²) in [6.45, 7) is 9.07. The second-order valence-electron chi connectivity index (χ2n) is 9.86. The molecule has 2 rings (SSSR count). The van der Waals surface area contributed by atoms with Crippen molar-refractivity contribution in [3.05, 3.63) is 59.8 Å². The van der Waals surface area contributed by atoms with E-state index in [1.165, 1.54) is 11.1 Å². The minimum Gasteiger partial charge on any atom is -0.391 e. The van der Waals surface area contributed by atoms with Crippen LogP contribution in [0.15, 0.2) is 59.8 Å². The van der Waals surface area contributed by atoms with Gasteiger partial charge in [0.1, 0.15) is 0 Å². The number of ether oxygens (including phenoxy) is 2. The molecule has 0 spiro atoms. The Morgan fingerprint density at radius 3 is 2.69 bits per heavy atom. The molecule has 35 heavy (non-hydrogen) atoms. The Bertz CT molecular complexity index is 787. The van der Waals surface area contributed by atoms with Crippen LogP contribution < -0.4 is 10.6 Å². The minimum absolute atomic E-state index is 0.0742. The summed E-state index contributed by atoms with van der Waals surface area (Å²) in [6.07, 6.45) is 19.9. The summed E-state index contributed by atoms with van der Waals surface area (Å²) in [5.74, 6) is 0.0184. The van der Waals surface area contributed by atoms with Gasteiger partial charge in [0.2, 0.25) is 5.91 Å². The van der Waals surface area contributed by atoms with Crippen molar-refractivity contribution in [1.82, 2.24) is 10.6 Å². The number of rotatable bonds is 3. The van der Waals surface area contributed by atoms with E-state index in [-0.39, 0.29) is 30.1 Å². The number of aliphatic hydroxyl groups is 1. The second-order valence-corrected chi connectivity index (χ2v) is 9.86. The van der Waals surface area contributed by atoms with Gasteiger partial charge < -0.3 is 25.2 Å². The lowest BCUT2D eigenvalue weighted by Gasteiger charge is -2.39. The van der Waals surface area contributed by atoms with Gasteiger partial charge in [-0.3, -0.25) is 4.79 Å². The van der Waals surface area contributed by atoms with E-state index < -0.39 is 12.4 Å². The van der Waals surface area contributed by atoms with Crippen LogP contribution in [-0.4, -0.2) is 55.2 Å². The van der Waals surface area contributed by atoms with Gasteiger partial charge in [0.25, 0.3) is 0 Å². The van der Waals surface area contributed by atoms with Crippen molar-refractivity contribution in [2.75, 3.05) is 13.6 Å². The van der Waals surface area contributed by atoms with Crippen LogP contribution in [0.3, 0.4) is 0 Å². The molecule has 1 amide bonds. The van der Waals surface area contributed by atoms with Crippen LogP contribution in [0.5, 0.6) is 0 Å². The predicted octanol–water partition coefficient (Wildman–Crippen LogP) is 4.73. The van der Waals surface area contributed by atoms with Crippen LogP contribution in [0.2, 0.25) is 0 Å². The Hall–Kier alpha value is -1.99. The highest BCUT2D eigenvalue weighted by atomic mass is 16.7. The summed E-state index contributed by atoms with van der Waals surface area (Å²) in [5, 5.41) is 16.6. The highest BCUT2D eigenvalue weighted by molar-refractivity contribution is 5.87. The average molecular weight is 487 g/mol. The third-order valence-corrected chi connectivity index (χ3v) is 6.61. The zero-order chi connectivity index (χ0) is 25.6. The normalized spacial score (nSPS) is 38.2. The van der Waals surface area contributed by atoms with Gasteiger partial charge in [-0.2, -0.15) is 0 Å². The third kappa shape index (κ3) is 11.1. The number of allylic oxidation sites excluding steroid dienone is 7. The molecule has 0 aliphatic carbocycles. The molecule has 0 aromatic rings. The molecule has 0 unspecified atom stereocenters. The van der Waals surface area contributed by atoms with Crippen molar-refractivity contribution >= 4 is 5.91 Å². The molecule has 2 aliphatic heterocycles. The minimum atomic E-state index is -0.522. The van der Waals surface area contributed by atoms with Crippen molar-refractivity contribution < 1.29 is 19.4 Å². The van der Waals surface area contributed by atoms with E-state index in [0.29, 0.717) is 13.0 Å². The van der Waals surface area contributed by atoms with E-state index in [2.05, 4.69) is 61.8 Å². The summed E-state index contributed by atoms with van der Waals surface area (Å²) in [7, 11) is 1.84. The fourth-order valence-corrected chi connectivity index (χ4v) is 4.52. The van der Waals surface area contributed by atoms with Crippen molar-refractivity contribution in [1.29, 1.82) is 0 Å². The molecule has 0 saturated carbocycles. The Labute approximate surface area is 212 Å². The first kappa shape index (κ1) is 29.2. The van der Waals surface area contributed by atoms with Crippen LogP contribution in [0.1, 0.15) is 66.2 Å². The largest absolute Gasteiger partial charge is 0.391 e. The Kier molecular flexibility index (Phi) is 13.3. The average Bonchev–Trinajstić information content (AvgIpc) is 2.80. The van der Waals surface area contributed by atoms with Gasteiger partial charge in [-0.25, -0.2) is 0 Å². The highest BCUT2D eigenvalue weighted by Gasteiger charge is 2.36. The number of hydrogen-bond donors (Lipinski definition) is 3. The number of hydrogen-bond acceptors (Lipinski definition) is 5. The lowest BCUT2D eigenvalue weighted by Crippen LogP contribution is -2.54. The van der Waals surface area contributed by atoms with E-state index in [9.17, 15) is 9.90 Å². The van der Waals surface area contributed by atoms with E-state index in [1.807, 2.05) is 20.0 Å². The molecule has 0 aromatic heterocycles. The van der Waals surface area contributed by atoms with Crippen molar-refractivity contribution in [3.8, 4) is 0 Å². The van der Waals surface area contributed by atoms with E-state index in [0.717, 1.165) is 32.1 Å². The summed E-state index contributed by atoms with van der Waals surface area (Å²) in [5.41, 5.74) is 2.62. The molecule has 1 fully saturated rings. The second kappa shape index (κ2) is 15.9. The number of aliphatic hydroxyl groups excluding tert-OH is 1. The summed E-state index contributed by atoms with van der Waals surface area (Å²) in [4.78, 5) is 12.0. The fraction of sp³-hybridized carbons (Fsp3) is 0.621. The molecule has 0 radical (unpaired) electrons. The maximum atomic E-state index is 12.0. The summed E-state index contributed by atoms with van der Waals surface area (Å²) >= 11 is 0. The predicted molar refractivity (Wildman–Crippen MR) is 143 cm³/mol. The molecule has 0 aromatic carbocycles. The van der Waals surface area contributed by atoms with Gasteiger partial charge in [0, 0.05) is 25.0 Å². The number of carbonyl (C=O) groups excluding carboxylic acids is 1. The molecule has 6 atom stereocenters. The first-order chi connectivity index (χ1) is 16.8. The number of amides is 1. The van der Waals surface area contributed by atoms with Gasteiger partial charge in [0.15, 0.2) is 6.29 Å². The molecule has 6 nitrogen and oxygen atoms in total. The van der Waals surface area contributed by atoms with Gasteiger partial charge in [-0.05, 0) is 59.9 Å². The first-order valence-corrected chi connectivity index (χ1v) is 13.1. The van der Waals surface area contributed by atoms with Gasteiger partial charge in [-0.15, -0.1) is 0 Å². The first-order valence-electron chi connectivity index (χ1n) is 13.1. The third-order valence-electron chi connectivity index (χ3n) is 6.61. The van der Waals surface area contributed by atoms with E-state index in [1.54, 1.807) is 12.2 Å². The van der Waals surface area contributed by atoms with Crippen LogP contribution in [0.25, 0.3) is 0 Å². The quantitative estimate of drug-likeness (QED) is 0.503. The van der Waals surface area contributed by atoms with Crippen molar-refractivity contribution in [3.63, 3.8) is 0 Å². The number of nitrogens with one attached hydrogen (secondary N) is 2. The zero-order valence-corrected chi connectivity index (χ0v) is 22.2. The summed E-state index contributed by atoms with van der Waals surface area (Å²) in [6, 6.07) is -0.104. The van der Waals surface area contributed by atoms with Crippen LogP contribution in [0, 0.1) is 5.92 Å². The van der Waals surface area contributed by atoms with Crippen LogP contribution in [-0.2, 0) is 14.3 Å². The molecule has 2 heterocycles. The maximum absolute atomic E-state index is 12.0. The molecule has 1 saturated heterocycles. The van der Waals surface area contributed by atoms with Crippen LogP contribution >= 0.6 is 0 Å². The highest BCUT2D eigenvalue weighted by Crippen LogP contribution is 2.26. The lowest BCUT2D eigenvalue weighted by molar-refractivity contribution is -0.241. The van der Waals surface area contributed by atoms with Crippen molar-refractivity contribution in [2.45, 2.75) is 96.9 Å². The molecule has 2 aliphatic rings. The molecule has 196 valence electrons. The standard InChI is InChI=1S/C29H46N2O4/c1-21-13-9-7-6-8-12-18-31-27(33)15-11-10-14-23(3)26(17-16-22(2)19-21)35-28-20-25(32)29(30-5)24(4)34-28/h7,9-11,13-16,23-26,28-30,32H,6,8,12,17-20H2,1-5H3,(H,31,33)/b9-7+,14-10+,15-11+,21-13+,22-16+/t23-,24+,25-,26-,28-,29+/m0/s1. The van der Waals surface area contributed by atoms with Gasteiger partial charge in [-0.1, -0.05) is 60.6 Å². The monoisotopic (exact) mass is 486 g/mol. The fourth-order valence-electron chi connectivity index (χ4n) is 4.52. The Morgan fingerprint density at radius 1 is 1.14 bits per heavy atom. The maximum Gasteiger partial charge on any atom is 0.243 e. The van der Waals surface area contributed by atoms with Gasteiger partial charge in [0.05, 0.1) is 24.4 Å². The van der Waals surface area contributed by atoms with E-state index >= 15 is 0 Å². The Balaban J connectivity index is 2.16. The zero-order valence-electron chi connectivity index (χ0n) is 22.2. The summed E-state index contributed by atoms with van der Waals surface area (Å²) < 4.78 is 12.5.